The molecule has 8 nitrogen and oxygen atoms in total. The average Bonchev–Trinajstić information content (AvgIpc) is 2.88. The third kappa shape index (κ3) is 5.87. The molecule has 41 heavy (non-hydrogen) atoms. The highest BCUT2D eigenvalue weighted by Gasteiger charge is 2.71. The maximum atomic E-state index is 13.7. The summed E-state index contributed by atoms with van der Waals surface area (Å²) in [6, 6.07) is 3.07. The van der Waals surface area contributed by atoms with Crippen LogP contribution in [0.15, 0.2) is 47.4 Å². The van der Waals surface area contributed by atoms with Crippen molar-refractivity contribution < 1.29 is 58.9 Å². The van der Waals surface area contributed by atoms with Crippen LogP contribution in [0.4, 0.5) is 36.4 Å². The Balaban J connectivity index is 1.75. The molecule has 0 bridgehead atoms. The fourth-order valence-corrected chi connectivity index (χ4v) is 6.64. The number of ether oxygens (including phenoxy) is 1. The fraction of sp³-hybridized carbons (Fsp3) is 0.480. The molecule has 0 radical (unpaired) electrons. The predicted molar refractivity (Wildman–Crippen MR) is 129 cm³/mol. The first kappa shape index (κ1) is 31.0. The summed E-state index contributed by atoms with van der Waals surface area (Å²) in [6.07, 6.45) is -13.9. The van der Waals surface area contributed by atoms with E-state index in [-0.39, 0.29) is 43.7 Å². The summed E-state index contributed by atoms with van der Waals surface area (Å²) in [4.78, 5) is 12.4. The van der Waals surface area contributed by atoms with Gasteiger partial charge in [0.2, 0.25) is 5.91 Å². The van der Waals surface area contributed by atoms with Gasteiger partial charge < -0.3 is 20.3 Å². The monoisotopic (exact) mass is 614 g/mol. The molecule has 16 heteroatoms. The van der Waals surface area contributed by atoms with E-state index in [1.54, 1.807) is 0 Å². The number of sulfonamides is 1. The maximum Gasteiger partial charge on any atom is 0.430 e. The number of hydrogen-bond donors (Lipinski definition) is 3. The summed E-state index contributed by atoms with van der Waals surface area (Å²) in [6.45, 7) is 0.276. The summed E-state index contributed by atoms with van der Waals surface area (Å²) >= 11 is 0. The van der Waals surface area contributed by atoms with Gasteiger partial charge in [0, 0.05) is 18.6 Å². The zero-order chi connectivity index (χ0) is 30.4. The lowest BCUT2D eigenvalue weighted by atomic mass is 9.87. The number of amides is 1. The first-order chi connectivity index (χ1) is 19.0. The summed E-state index contributed by atoms with van der Waals surface area (Å²) < 4.78 is 128. The second kappa shape index (κ2) is 11.0. The zero-order valence-corrected chi connectivity index (χ0v) is 21.9. The Morgan fingerprint density at radius 1 is 1.02 bits per heavy atom. The maximum absolute atomic E-state index is 13.7. The van der Waals surface area contributed by atoms with E-state index in [1.165, 1.54) is 0 Å². The smallest absolute Gasteiger partial charge is 0.391 e. The average molecular weight is 615 g/mol. The quantitative estimate of drug-likeness (QED) is 0.431. The van der Waals surface area contributed by atoms with Crippen molar-refractivity contribution in [3.05, 3.63) is 59.4 Å². The molecule has 0 aromatic heterocycles. The van der Waals surface area contributed by atoms with Gasteiger partial charge in [-0.25, -0.2) is 12.8 Å². The molecule has 2 aliphatic heterocycles. The van der Waals surface area contributed by atoms with Crippen LogP contribution in [0.3, 0.4) is 0 Å². The highest BCUT2D eigenvalue weighted by Crippen LogP contribution is 2.51. The number of nitrogens with zero attached hydrogens (tertiary/aromatic N) is 1. The highest BCUT2D eigenvalue weighted by molar-refractivity contribution is 7.92. The Kier molecular flexibility index (Phi) is 8.34. The van der Waals surface area contributed by atoms with Crippen molar-refractivity contribution in [3.63, 3.8) is 0 Å². The van der Waals surface area contributed by atoms with Crippen molar-refractivity contribution in [1.29, 1.82) is 0 Å². The predicted octanol–water partition coefficient (Wildman–Crippen LogP) is 3.30. The standard InChI is InChI=1S/C25H25F7N2O6S/c26-16-3-6-18(7-4-16)41(38,39)34-17(12-22(36)33-19-13-40-10-9-21(19)35)5-1-14-11-15(2-8-20(14)34)23(37,24(27,28)29)25(30,31)32/h2-4,6-8,11,17,19,21,35,37H,1,5,9-10,12-13H2,(H,33,36)/t17-,19?,21?/m0/s1. The Morgan fingerprint density at radius 2 is 1.66 bits per heavy atom. The van der Waals surface area contributed by atoms with E-state index in [0.29, 0.717) is 22.5 Å². The molecule has 2 unspecified atom stereocenters. The number of halogens is 7. The van der Waals surface area contributed by atoms with Gasteiger partial charge in [0.25, 0.3) is 15.6 Å². The van der Waals surface area contributed by atoms with E-state index in [0.717, 1.165) is 24.3 Å². The first-order valence-corrected chi connectivity index (χ1v) is 13.7. The van der Waals surface area contributed by atoms with Crippen molar-refractivity contribution in [3.8, 4) is 0 Å². The summed E-state index contributed by atoms with van der Waals surface area (Å²) in [5, 5.41) is 22.5. The van der Waals surface area contributed by atoms with Crippen LogP contribution in [0.1, 0.15) is 30.4 Å². The number of aryl methyl sites for hydroxylation is 1. The van der Waals surface area contributed by atoms with Crippen molar-refractivity contribution >= 4 is 21.6 Å². The molecule has 226 valence electrons. The normalized spacial score (nSPS) is 22.3. The van der Waals surface area contributed by atoms with E-state index in [1.807, 2.05) is 0 Å². The Hall–Kier alpha value is -2.95. The van der Waals surface area contributed by atoms with Gasteiger partial charge in [0.05, 0.1) is 35.4 Å². The minimum atomic E-state index is -6.15. The molecule has 2 aromatic rings. The summed E-state index contributed by atoms with van der Waals surface area (Å²) in [5.41, 5.74) is -7.35. The van der Waals surface area contributed by atoms with E-state index in [9.17, 15) is 54.2 Å². The van der Waals surface area contributed by atoms with Crippen LogP contribution in [0.5, 0.6) is 0 Å². The number of benzene rings is 2. The molecule has 3 atom stereocenters. The number of rotatable bonds is 6. The Labute approximate surface area is 229 Å². The molecule has 0 spiro atoms. The molecule has 2 heterocycles. The highest BCUT2D eigenvalue weighted by atomic mass is 32.2. The van der Waals surface area contributed by atoms with Crippen molar-refractivity contribution in [2.24, 2.45) is 0 Å². The molecule has 1 saturated heterocycles. The van der Waals surface area contributed by atoms with Crippen LogP contribution < -0.4 is 9.62 Å². The number of nitrogens with one attached hydrogen (secondary N) is 1. The number of hydrogen-bond acceptors (Lipinski definition) is 6. The Bertz CT molecular complexity index is 1370. The topological polar surface area (TPSA) is 116 Å². The number of anilines is 1. The van der Waals surface area contributed by atoms with E-state index in [4.69, 9.17) is 4.74 Å². The lowest BCUT2D eigenvalue weighted by Crippen LogP contribution is -2.54. The van der Waals surface area contributed by atoms with E-state index >= 15 is 0 Å². The third-order valence-electron chi connectivity index (χ3n) is 7.09. The minimum Gasteiger partial charge on any atom is -0.391 e. The minimum absolute atomic E-state index is 0.00208. The van der Waals surface area contributed by atoms with Crippen molar-refractivity contribution in [1.82, 2.24) is 5.32 Å². The molecule has 1 amide bonds. The molecule has 0 aliphatic carbocycles. The number of aliphatic hydroxyl groups is 2. The number of fused-ring (bicyclic) bond motifs is 1. The largest absolute Gasteiger partial charge is 0.430 e. The molecule has 2 aliphatic rings. The summed E-state index contributed by atoms with van der Waals surface area (Å²) in [5.74, 6) is -1.46. The van der Waals surface area contributed by atoms with E-state index < -0.39 is 74.8 Å². The summed E-state index contributed by atoms with van der Waals surface area (Å²) in [7, 11) is -4.63. The van der Waals surface area contributed by atoms with Gasteiger partial charge in [0.1, 0.15) is 5.82 Å². The van der Waals surface area contributed by atoms with Gasteiger partial charge in [0.15, 0.2) is 0 Å². The first-order valence-electron chi connectivity index (χ1n) is 12.3. The second-order valence-corrected chi connectivity index (χ2v) is 11.6. The van der Waals surface area contributed by atoms with Crippen LogP contribution in [0.2, 0.25) is 0 Å². The van der Waals surface area contributed by atoms with Gasteiger partial charge in [-0.15, -0.1) is 0 Å². The lowest BCUT2D eigenvalue weighted by molar-refractivity contribution is -0.376. The second-order valence-electron chi connectivity index (χ2n) is 9.81. The molecule has 2 aromatic carbocycles. The zero-order valence-electron chi connectivity index (χ0n) is 21.0. The van der Waals surface area contributed by atoms with Crippen LogP contribution in [0, 0.1) is 5.82 Å². The van der Waals surface area contributed by atoms with Crippen LogP contribution in [-0.4, -0.2) is 68.3 Å². The van der Waals surface area contributed by atoms with Gasteiger partial charge in [-0.2, -0.15) is 26.3 Å². The van der Waals surface area contributed by atoms with Crippen LogP contribution in [-0.2, 0) is 31.6 Å². The molecule has 3 N–H and O–H groups in total. The van der Waals surface area contributed by atoms with Crippen molar-refractivity contribution in [2.45, 2.75) is 66.7 Å². The SMILES string of the molecule is O=C(C[C@@H]1CCc2cc(C(O)(C(F)(F)F)C(F)(F)F)ccc2N1S(=O)(=O)c1ccc(F)cc1)NC1COCCC1O. The molecule has 0 saturated carbocycles. The third-order valence-corrected chi connectivity index (χ3v) is 8.97. The molecule has 1 fully saturated rings. The van der Waals surface area contributed by atoms with Gasteiger partial charge in [-0.3, -0.25) is 9.10 Å². The number of carbonyl (C=O) groups is 1. The molecule has 4 rings (SSSR count). The van der Waals surface area contributed by atoms with Crippen LogP contribution >= 0.6 is 0 Å². The van der Waals surface area contributed by atoms with Crippen molar-refractivity contribution in [2.75, 3.05) is 17.5 Å². The number of alkyl halides is 6. The number of carbonyl (C=O) groups excluding carboxylic acids is 1. The molecular formula is C25H25F7N2O6S. The Morgan fingerprint density at radius 3 is 2.24 bits per heavy atom. The van der Waals surface area contributed by atoms with Gasteiger partial charge in [-0.1, -0.05) is 12.1 Å². The van der Waals surface area contributed by atoms with Gasteiger partial charge >= 0.3 is 12.4 Å². The van der Waals surface area contributed by atoms with E-state index in [2.05, 4.69) is 5.32 Å². The van der Waals surface area contributed by atoms with Crippen LogP contribution in [0.25, 0.3) is 0 Å². The van der Waals surface area contributed by atoms with Gasteiger partial charge in [-0.05, 0) is 55.2 Å². The fourth-order valence-electron chi connectivity index (χ4n) is 4.92. The molecular weight excluding hydrogens is 589 g/mol. The number of aliphatic hydroxyl groups excluding tert-OH is 1. The lowest BCUT2D eigenvalue weighted by Gasteiger charge is -2.39.